The van der Waals surface area contributed by atoms with Crippen LogP contribution in [0.25, 0.3) is 0 Å². The van der Waals surface area contributed by atoms with Crippen LogP contribution in [0.15, 0.2) is 18.2 Å². The van der Waals surface area contributed by atoms with Crippen LogP contribution in [0.4, 0.5) is 11.4 Å². The van der Waals surface area contributed by atoms with Gasteiger partial charge in [-0.1, -0.05) is 6.92 Å². The lowest BCUT2D eigenvalue weighted by Gasteiger charge is -2.34. The van der Waals surface area contributed by atoms with Crippen molar-refractivity contribution in [1.29, 1.82) is 0 Å². The lowest BCUT2D eigenvalue weighted by Crippen LogP contribution is -2.49. The normalized spacial score (nSPS) is 17.7. The monoisotopic (exact) mass is 319 g/mol. The van der Waals surface area contributed by atoms with Gasteiger partial charge in [0, 0.05) is 18.7 Å². The average molecular weight is 319 g/mol. The summed E-state index contributed by atoms with van der Waals surface area (Å²) < 4.78 is 5.11. The van der Waals surface area contributed by atoms with E-state index in [1.54, 1.807) is 30.2 Å². The minimum atomic E-state index is -0.397. The lowest BCUT2D eigenvalue weighted by molar-refractivity contribution is -0.140. The van der Waals surface area contributed by atoms with Crippen molar-refractivity contribution < 1.29 is 14.3 Å². The molecule has 1 aliphatic rings. The molecule has 0 saturated carbocycles. The molecular weight excluding hydrogens is 294 g/mol. The Kier molecular flexibility index (Phi) is 5.84. The van der Waals surface area contributed by atoms with Crippen LogP contribution in [-0.4, -0.2) is 36.4 Å². The standard InChI is InChI=1S/C17H25N3O3/c1-3-6-16(21)20-10-5-4-7-14(20)17(22)19-12-8-9-15(23-2)13(18)11-12/h8-9,11,14H,3-7,10,18H2,1-2H3,(H,19,22). The van der Waals surface area contributed by atoms with Crippen molar-refractivity contribution >= 4 is 23.2 Å². The fraction of sp³-hybridized carbons (Fsp3) is 0.529. The van der Waals surface area contributed by atoms with E-state index in [2.05, 4.69) is 5.32 Å². The summed E-state index contributed by atoms with van der Waals surface area (Å²) in [5.74, 6) is 0.473. The number of nitrogens with one attached hydrogen (secondary N) is 1. The smallest absolute Gasteiger partial charge is 0.247 e. The summed E-state index contributed by atoms with van der Waals surface area (Å²) >= 11 is 0. The van der Waals surface area contributed by atoms with E-state index in [1.807, 2.05) is 6.92 Å². The molecule has 2 amide bonds. The highest BCUT2D eigenvalue weighted by Gasteiger charge is 2.31. The first kappa shape index (κ1) is 17.1. The minimum absolute atomic E-state index is 0.0570. The summed E-state index contributed by atoms with van der Waals surface area (Å²) in [6, 6.07) is 4.73. The number of likely N-dealkylation sites (tertiary alicyclic amines) is 1. The summed E-state index contributed by atoms with van der Waals surface area (Å²) in [5, 5.41) is 2.86. The number of nitrogens with two attached hydrogens (primary N) is 1. The van der Waals surface area contributed by atoms with Crippen molar-refractivity contribution in [2.24, 2.45) is 0 Å². The van der Waals surface area contributed by atoms with E-state index in [0.717, 1.165) is 19.3 Å². The molecule has 1 heterocycles. The molecule has 126 valence electrons. The third kappa shape index (κ3) is 4.15. The van der Waals surface area contributed by atoms with Gasteiger partial charge in [-0.3, -0.25) is 9.59 Å². The number of amides is 2. The third-order valence-corrected chi connectivity index (χ3v) is 4.09. The molecule has 1 aliphatic heterocycles. The molecule has 1 fully saturated rings. The molecular formula is C17H25N3O3. The van der Waals surface area contributed by atoms with Gasteiger partial charge >= 0.3 is 0 Å². The Morgan fingerprint density at radius 2 is 2.17 bits per heavy atom. The van der Waals surface area contributed by atoms with E-state index in [0.29, 0.717) is 36.5 Å². The number of methoxy groups -OCH3 is 1. The van der Waals surface area contributed by atoms with Crippen molar-refractivity contribution in [3.8, 4) is 5.75 Å². The zero-order valence-corrected chi connectivity index (χ0v) is 13.8. The van der Waals surface area contributed by atoms with E-state index in [1.165, 1.54) is 0 Å². The SMILES string of the molecule is CCCC(=O)N1CCCCC1C(=O)Nc1ccc(OC)c(N)c1. The zero-order chi connectivity index (χ0) is 16.8. The van der Waals surface area contributed by atoms with Crippen LogP contribution in [0.3, 0.4) is 0 Å². The fourth-order valence-corrected chi connectivity index (χ4v) is 2.90. The van der Waals surface area contributed by atoms with Crippen LogP contribution in [0, 0.1) is 0 Å². The maximum atomic E-state index is 12.6. The second-order valence-electron chi connectivity index (χ2n) is 5.79. The molecule has 1 unspecified atom stereocenters. The fourth-order valence-electron chi connectivity index (χ4n) is 2.90. The van der Waals surface area contributed by atoms with Gasteiger partial charge < -0.3 is 20.7 Å². The first-order valence-electron chi connectivity index (χ1n) is 8.10. The van der Waals surface area contributed by atoms with Crippen LogP contribution in [0.1, 0.15) is 39.0 Å². The molecule has 0 aromatic heterocycles. The molecule has 0 spiro atoms. The highest BCUT2D eigenvalue weighted by molar-refractivity contribution is 5.97. The predicted octanol–water partition coefficient (Wildman–Crippen LogP) is 2.40. The van der Waals surface area contributed by atoms with Crippen LogP contribution in [0.5, 0.6) is 5.75 Å². The van der Waals surface area contributed by atoms with Crippen molar-refractivity contribution in [2.75, 3.05) is 24.7 Å². The van der Waals surface area contributed by atoms with E-state index < -0.39 is 6.04 Å². The van der Waals surface area contributed by atoms with Crippen molar-refractivity contribution in [2.45, 2.75) is 45.1 Å². The number of benzene rings is 1. The maximum absolute atomic E-state index is 12.6. The Morgan fingerprint density at radius 1 is 1.39 bits per heavy atom. The van der Waals surface area contributed by atoms with Gasteiger partial charge in [0.2, 0.25) is 11.8 Å². The summed E-state index contributed by atoms with van der Waals surface area (Å²) in [4.78, 5) is 26.5. The van der Waals surface area contributed by atoms with E-state index in [9.17, 15) is 9.59 Å². The van der Waals surface area contributed by atoms with E-state index >= 15 is 0 Å². The Hall–Kier alpha value is -2.24. The predicted molar refractivity (Wildman–Crippen MR) is 90.3 cm³/mol. The van der Waals surface area contributed by atoms with Crippen LogP contribution < -0.4 is 15.8 Å². The molecule has 23 heavy (non-hydrogen) atoms. The Balaban J connectivity index is 2.08. The molecule has 3 N–H and O–H groups in total. The van der Waals surface area contributed by atoms with Crippen LogP contribution in [0.2, 0.25) is 0 Å². The number of rotatable bonds is 5. The van der Waals surface area contributed by atoms with Crippen molar-refractivity contribution in [1.82, 2.24) is 4.90 Å². The molecule has 2 rings (SSSR count). The van der Waals surface area contributed by atoms with Gasteiger partial charge in [-0.2, -0.15) is 0 Å². The summed E-state index contributed by atoms with van der Waals surface area (Å²) in [5.41, 5.74) is 6.94. The Morgan fingerprint density at radius 3 is 2.83 bits per heavy atom. The van der Waals surface area contributed by atoms with Gasteiger partial charge in [0.05, 0.1) is 12.8 Å². The zero-order valence-electron chi connectivity index (χ0n) is 13.8. The van der Waals surface area contributed by atoms with Crippen LogP contribution >= 0.6 is 0 Å². The van der Waals surface area contributed by atoms with Gasteiger partial charge in [0.1, 0.15) is 11.8 Å². The number of carbonyl (C=O) groups excluding carboxylic acids is 2. The van der Waals surface area contributed by atoms with Crippen molar-refractivity contribution in [3.63, 3.8) is 0 Å². The number of nitrogen functional groups attached to an aromatic ring is 1. The second-order valence-corrected chi connectivity index (χ2v) is 5.79. The molecule has 1 aromatic carbocycles. The highest BCUT2D eigenvalue weighted by atomic mass is 16.5. The number of nitrogens with zero attached hydrogens (tertiary/aromatic N) is 1. The number of piperidine rings is 1. The number of hydrogen-bond donors (Lipinski definition) is 2. The number of ether oxygens (including phenoxy) is 1. The molecule has 1 saturated heterocycles. The molecule has 1 atom stereocenters. The number of carbonyl (C=O) groups is 2. The summed E-state index contributed by atoms with van der Waals surface area (Å²) in [6.07, 6.45) is 3.89. The third-order valence-electron chi connectivity index (χ3n) is 4.09. The van der Waals surface area contributed by atoms with E-state index in [-0.39, 0.29) is 11.8 Å². The molecule has 6 heteroatoms. The van der Waals surface area contributed by atoms with Crippen LogP contribution in [-0.2, 0) is 9.59 Å². The minimum Gasteiger partial charge on any atom is -0.495 e. The molecule has 1 aromatic rings. The largest absolute Gasteiger partial charge is 0.495 e. The maximum Gasteiger partial charge on any atom is 0.247 e. The second kappa shape index (κ2) is 7.85. The molecule has 0 radical (unpaired) electrons. The van der Waals surface area contributed by atoms with Crippen molar-refractivity contribution in [3.05, 3.63) is 18.2 Å². The first-order valence-corrected chi connectivity index (χ1v) is 8.10. The highest BCUT2D eigenvalue weighted by Crippen LogP contribution is 2.26. The Bertz CT molecular complexity index is 574. The molecule has 6 nitrogen and oxygen atoms in total. The molecule has 0 bridgehead atoms. The lowest BCUT2D eigenvalue weighted by atomic mass is 10.0. The average Bonchev–Trinajstić information content (AvgIpc) is 2.55. The topological polar surface area (TPSA) is 84.7 Å². The van der Waals surface area contributed by atoms with Gasteiger partial charge in [0.25, 0.3) is 0 Å². The Labute approximate surface area is 137 Å². The van der Waals surface area contributed by atoms with E-state index in [4.69, 9.17) is 10.5 Å². The number of anilines is 2. The summed E-state index contributed by atoms with van der Waals surface area (Å²) in [6.45, 7) is 2.62. The van der Waals surface area contributed by atoms with Gasteiger partial charge in [-0.15, -0.1) is 0 Å². The first-order chi connectivity index (χ1) is 11.1. The number of hydrogen-bond acceptors (Lipinski definition) is 4. The molecule has 0 aliphatic carbocycles. The summed E-state index contributed by atoms with van der Waals surface area (Å²) in [7, 11) is 1.54. The van der Waals surface area contributed by atoms with Gasteiger partial charge in [-0.25, -0.2) is 0 Å². The van der Waals surface area contributed by atoms with Gasteiger partial charge in [-0.05, 0) is 43.9 Å². The van der Waals surface area contributed by atoms with Gasteiger partial charge in [0.15, 0.2) is 0 Å². The quantitative estimate of drug-likeness (QED) is 0.816.